The zero-order valence-electron chi connectivity index (χ0n) is 16.1. The van der Waals surface area contributed by atoms with E-state index >= 15 is 0 Å². The van der Waals surface area contributed by atoms with E-state index in [0.717, 1.165) is 5.56 Å². The van der Waals surface area contributed by atoms with Crippen molar-refractivity contribution < 1.29 is 18.9 Å². The fourth-order valence-corrected chi connectivity index (χ4v) is 2.56. The van der Waals surface area contributed by atoms with Crippen molar-refractivity contribution in [3.05, 3.63) is 58.7 Å². The molecular formula is C22H20N2O4. The second kappa shape index (κ2) is 9.70. The quantitative estimate of drug-likeness (QED) is 0.531. The maximum absolute atomic E-state index is 9.59. The second-order valence-corrected chi connectivity index (χ2v) is 5.57. The van der Waals surface area contributed by atoms with Crippen LogP contribution in [0.4, 0.5) is 0 Å². The van der Waals surface area contributed by atoms with E-state index in [1.807, 2.05) is 12.1 Å². The largest absolute Gasteiger partial charge is 0.497 e. The predicted molar refractivity (Wildman–Crippen MR) is 106 cm³/mol. The lowest BCUT2D eigenvalue weighted by molar-refractivity contribution is 0.324. The van der Waals surface area contributed by atoms with Crippen LogP contribution in [0.25, 0.3) is 12.2 Å². The predicted octanol–water partition coefficient (Wildman–Crippen LogP) is 4.24. The van der Waals surface area contributed by atoms with E-state index in [4.69, 9.17) is 18.9 Å². The monoisotopic (exact) mass is 376 g/mol. The Labute approximate surface area is 164 Å². The highest BCUT2D eigenvalue weighted by Gasteiger charge is 2.13. The molecule has 2 aromatic rings. The summed E-state index contributed by atoms with van der Waals surface area (Å²) in [4.78, 5) is 0. The van der Waals surface area contributed by atoms with Gasteiger partial charge in [-0.15, -0.1) is 0 Å². The van der Waals surface area contributed by atoms with E-state index in [1.165, 1.54) is 21.3 Å². The van der Waals surface area contributed by atoms with Crippen molar-refractivity contribution in [3.63, 3.8) is 0 Å². The smallest absolute Gasteiger partial charge is 0.203 e. The number of methoxy groups -OCH3 is 4. The fourth-order valence-electron chi connectivity index (χ4n) is 2.56. The maximum Gasteiger partial charge on any atom is 0.203 e. The molecule has 142 valence electrons. The van der Waals surface area contributed by atoms with E-state index in [1.54, 1.807) is 43.5 Å². The minimum atomic E-state index is 0.215. The number of ether oxygens (including phenoxy) is 4. The summed E-state index contributed by atoms with van der Waals surface area (Å²) < 4.78 is 21.1. The number of rotatable bonds is 7. The molecule has 0 spiro atoms. The fraction of sp³-hybridized carbons (Fsp3) is 0.182. The van der Waals surface area contributed by atoms with Crippen LogP contribution in [-0.4, -0.2) is 28.4 Å². The molecule has 0 aromatic heterocycles. The zero-order chi connectivity index (χ0) is 20.5. The van der Waals surface area contributed by atoms with Crippen molar-refractivity contribution in [3.8, 4) is 35.1 Å². The summed E-state index contributed by atoms with van der Waals surface area (Å²) in [5.41, 5.74) is 1.87. The number of allylic oxidation sites excluding steroid dienone is 2. The lowest BCUT2D eigenvalue weighted by Gasteiger charge is -2.13. The van der Waals surface area contributed by atoms with Gasteiger partial charge in [-0.1, -0.05) is 12.1 Å². The molecule has 0 radical (unpaired) electrons. The van der Waals surface area contributed by atoms with Crippen molar-refractivity contribution in [2.45, 2.75) is 0 Å². The van der Waals surface area contributed by atoms with Gasteiger partial charge >= 0.3 is 0 Å². The molecule has 0 unspecified atom stereocenters. The van der Waals surface area contributed by atoms with Crippen LogP contribution in [0.2, 0.25) is 0 Å². The molecule has 0 saturated carbocycles. The van der Waals surface area contributed by atoms with Gasteiger partial charge in [0.15, 0.2) is 11.5 Å². The molecule has 6 heteroatoms. The summed E-state index contributed by atoms with van der Waals surface area (Å²) in [7, 11) is 6.13. The molecule has 0 atom stereocenters. The minimum absolute atomic E-state index is 0.215. The minimum Gasteiger partial charge on any atom is -0.497 e. The molecule has 6 nitrogen and oxygen atoms in total. The molecule has 0 heterocycles. The van der Waals surface area contributed by atoms with Crippen molar-refractivity contribution in [2.75, 3.05) is 28.4 Å². The normalized spacial score (nSPS) is 11.2. The molecule has 0 N–H and O–H groups in total. The van der Waals surface area contributed by atoms with Crippen LogP contribution >= 0.6 is 0 Å². The lowest BCUT2D eigenvalue weighted by Crippen LogP contribution is -1.96. The van der Waals surface area contributed by atoms with Gasteiger partial charge in [0.2, 0.25) is 5.75 Å². The van der Waals surface area contributed by atoms with Crippen molar-refractivity contribution in [1.82, 2.24) is 0 Å². The molecule has 2 aromatic carbocycles. The highest BCUT2D eigenvalue weighted by molar-refractivity contribution is 5.75. The number of hydrogen-bond donors (Lipinski definition) is 0. The third kappa shape index (κ3) is 4.63. The number of nitrogens with zero attached hydrogens (tertiary/aromatic N) is 2. The Bertz CT molecular complexity index is 952. The Morgan fingerprint density at radius 3 is 1.61 bits per heavy atom. The van der Waals surface area contributed by atoms with Crippen LogP contribution in [0.3, 0.4) is 0 Å². The third-order valence-corrected chi connectivity index (χ3v) is 3.96. The standard InChI is InChI=1S/C22H20N2O4/c1-25-19-7-5-15(6-8-19)9-17(13-23)18(14-24)10-16-11-20(26-2)22(28-4)21(12-16)27-3/h5-12H,1-4H3/b17-9+,18-10+. The highest BCUT2D eigenvalue weighted by atomic mass is 16.5. The molecule has 0 saturated heterocycles. The summed E-state index contributed by atoms with van der Waals surface area (Å²) in [5, 5.41) is 19.1. The third-order valence-electron chi connectivity index (χ3n) is 3.96. The molecule has 0 aliphatic rings. The van der Waals surface area contributed by atoms with Crippen LogP contribution in [-0.2, 0) is 0 Å². The molecule has 0 fully saturated rings. The van der Waals surface area contributed by atoms with Crippen molar-refractivity contribution in [1.29, 1.82) is 10.5 Å². The first-order valence-corrected chi connectivity index (χ1v) is 8.28. The average Bonchev–Trinajstić information content (AvgIpc) is 2.75. The van der Waals surface area contributed by atoms with E-state index in [2.05, 4.69) is 12.1 Å². The van der Waals surface area contributed by atoms with E-state index in [-0.39, 0.29) is 11.1 Å². The molecule has 0 amide bonds. The summed E-state index contributed by atoms with van der Waals surface area (Å²) >= 11 is 0. The van der Waals surface area contributed by atoms with E-state index < -0.39 is 0 Å². The lowest BCUT2D eigenvalue weighted by atomic mass is 10.0. The molecular weight excluding hydrogens is 356 g/mol. The van der Waals surface area contributed by atoms with Crippen molar-refractivity contribution >= 4 is 12.2 Å². The molecule has 0 aliphatic carbocycles. The number of nitriles is 2. The number of hydrogen-bond acceptors (Lipinski definition) is 6. The van der Waals surface area contributed by atoms with Gasteiger partial charge in [-0.25, -0.2) is 0 Å². The van der Waals surface area contributed by atoms with Gasteiger partial charge < -0.3 is 18.9 Å². The topological polar surface area (TPSA) is 84.5 Å². The first kappa shape index (κ1) is 20.4. The maximum atomic E-state index is 9.59. The molecule has 0 bridgehead atoms. The van der Waals surface area contributed by atoms with Crippen LogP contribution in [0.1, 0.15) is 11.1 Å². The molecule has 0 aliphatic heterocycles. The van der Waals surface area contributed by atoms with Crippen LogP contribution < -0.4 is 18.9 Å². The Morgan fingerprint density at radius 2 is 1.21 bits per heavy atom. The SMILES string of the molecule is COc1ccc(/C=C(C#N)/C(C#N)=C/c2cc(OC)c(OC)c(OC)c2)cc1. The van der Waals surface area contributed by atoms with Gasteiger partial charge in [-0.3, -0.25) is 0 Å². The summed E-state index contributed by atoms with van der Waals surface area (Å²) in [6.45, 7) is 0. The van der Waals surface area contributed by atoms with Crippen LogP contribution in [0, 0.1) is 22.7 Å². The van der Waals surface area contributed by atoms with Gasteiger partial charge in [0.1, 0.15) is 17.9 Å². The van der Waals surface area contributed by atoms with Crippen LogP contribution in [0.5, 0.6) is 23.0 Å². The Hall–Kier alpha value is -3.90. The van der Waals surface area contributed by atoms with Gasteiger partial charge in [-0.05, 0) is 47.5 Å². The highest BCUT2D eigenvalue weighted by Crippen LogP contribution is 2.39. The van der Waals surface area contributed by atoms with Gasteiger partial charge in [0.25, 0.3) is 0 Å². The average molecular weight is 376 g/mol. The molecule has 2 rings (SSSR count). The van der Waals surface area contributed by atoms with Crippen molar-refractivity contribution in [2.24, 2.45) is 0 Å². The number of benzene rings is 2. The Kier molecular flexibility index (Phi) is 7.07. The first-order valence-electron chi connectivity index (χ1n) is 8.28. The van der Waals surface area contributed by atoms with Crippen LogP contribution in [0.15, 0.2) is 47.5 Å². The summed E-state index contributed by atoms with van der Waals surface area (Å²) in [5.74, 6) is 2.09. The van der Waals surface area contributed by atoms with E-state index in [9.17, 15) is 10.5 Å². The second-order valence-electron chi connectivity index (χ2n) is 5.57. The van der Waals surface area contributed by atoms with Gasteiger partial charge in [-0.2, -0.15) is 10.5 Å². The summed E-state index contributed by atoms with van der Waals surface area (Å²) in [6.07, 6.45) is 3.25. The Balaban J connectivity index is 2.50. The van der Waals surface area contributed by atoms with E-state index in [0.29, 0.717) is 28.6 Å². The van der Waals surface area contributed by atoms with Gasteiger partial charge in [0.05, 0.1) is 39.6 Å². The van der Waals surface area contributed by atoms with Gasteiger partial charge in [0, 0.05) is 0 Å². The molecule has 28 heavy (non-hydrogen) atoms. The first-order chi connectivity index (χ1) is 13.6. The Morgan fingerprint density at radius 1 is 0.714 bits per heavy atom. The summed E-state index contributed by atoms with van der Waals surface area (Å²) in [6, 6.07) is 14.8. The zero-order valence-corrected chi connectivity index (χ0v) is 16.1.